The first-order valence-electron chi connectivity index (χ1n) is 8.74. The first-order valence-corrected chi connectivity index (χ1v) is 8.74. The van der Waals surface area contributed by atoms with E-state index in [-0.39, 0.29) is 6.10 Å². The number of benzene rings is 2. The van der Waals surface area contributed by atoms with Crippen molar-refractivity contribution < 1.29 is 19.1 Å². The SMILES string of the molecule is CNC(=O)NC(=O)[C@H](c1ccccc1)N(C)C[C@H]1COc2ccccc2O1. The van der Waals surface area contributed by atoms with E-state index in [1.54, 1.807) is 0 Å². The summed E-state index contributed by atoms with van der Waals surface area (Å²) in [5.41, 5.74) is 0.790. The van der Waals surface area contributed by atoms with Crippen LogP contribution in [0.25, 0.3) is 0 Å². The second-order valence-electron chi connectivity index (χ2n) is 6.32. The first kappa shape index (κ1) is 18.7. The van der Waals surface area contributed by atoms with Crippen LogP contribution in [-0.2, 0) is 4.79 Å². The highest BCUT2D eigenvalue weighted by atomic mass is 16.6. The maximum atomic E-state index is 12.7. The molecule has 2 atom stereocenters. The average molecular weight is 369 g/mol. The Morgan fingerprint density at radius 1 is 1.11 bits per heavy atom. The highest BCUT2D eigenvalue weighted by Gasteiger charge is 2.30. The smallest absolute Gasteiger partial charge is 0.321 e. The topological polar surface area (TPSA) is 79.9 Å². The van der Waals surface area contributed by atoms with Gasteiger partial charge in [-0.15, -0.1) is 0 Å². The van der Waals surface area contributed by atoms with Crippen molar-refractivity contribution in [3.63, 3.8) is 0 Å². The van der Waals surface area contributed by atoms with Gasteiger partial charge in [0.1, 0.15) is 18.8 Å². The van der Waals surface area contributed by atoms with Gasteiger partial charge in [-0.05, 0) is 24.7 Å². The molecule has 7 nitrogen and oxygen atoms in total. The summed E-state index contributed by atoms with van der Waals surface area (Å²) in [4.78, 5) is 26.2. The van der Waals surface area contributed by atoms with E-state index in [4.69, 9.17) is 9.47 Å². The third-order valence-corrected chi connectivity index (χ3v) is 4.33. The second kappa shape index (κ2) is 8.55. The fraction of sp³-hybridized carbons (Fsp3) is 0.300. The number of hydrogen-bond acceptors (Lipinski definition) is 5. The van der Waals surface area contributed by atoms with Crippen molar-refractivity contribution in [3.8, 4) is 11.5 Å². The van der Waals surface area contributed by atoms with Crippen LogP contribution in [0.5, 0.6) is 11.5 Å². The van der Waals surface area contributed by atoms with E-state index in [0.29, 0.717) is 24.7 Å². The molecule has 0 saturated heterocycles. The predicted octanol–water partition coefficient (Wildman–Crippen LogP) is 1.96. The summed E-state index contributed by atoms with van der Waals surface area (Å²) < 4.78 is 11.7. The Hall–Kier alpha value is -3.06. The molecule has 7 heteroatoms. The number of hydrogen-bond donors (Lipinski definition) is 2. The van der Waals surface area contributed by atoms with Gasteiger partial charge in [-0.2, -0.15) is 0 Å². The lowest BCUT2D eigenvalue weighted by molar-refractivity contribution is -0.125. The molecule has 0 spiro atoms. The molecule has 1 aliphatic heterocycles. The van der Waals surface area contributed by atoms with Crippen molar-refractivity contribution in [2.75, 3.05) is 27.2 Å². The number of imide groups is 1. The number of urea groups is 1. The number of nitrogens with zero attached hydrogens (tertiary/aromatic N) is 1. The highest BCUT2D eigenvalue weighted by molar-refractivity contribution is 5.97. The zero-order valence-corrected chi connectivity index (χ0v) is 15.3. The summed E-state index contributed by atoms with van der Waals surface area (Å²) >= 11 is 0. The number of nitrogens with one attached hydrogen (secondary N) is 2. The Kier molecular flexibility index (Phi) is 5.93. The third kappa shape index (κ3) is 4.57. The molecule has 2 N–H and O–H groups in total. The van der Waals surface area contributed by atoms with Gasteiger partial charge in [0.2, 0.25) is 5.91 Å². The molecule has 0 radical (unpaired) electrons. The molecule has 2 aromatic rings. The Bertz CT molecular complexity index is 797. The summed E-state index contributed by atoms with van der Waals surface area (Å²) in [6.45, 7) is 0.842. The molecule has 3 amide bonds. The number of carbonyl (C=O) groups is 2. The molecule has 1 aliphatic rings. The molecule has 0 aliphatic carbocycles. The van der Waals surface area contributed by atoms with E-state index in [2.05, 4.69) is 10.6 Å². The second-order valence-corrected chi connectivity index (χ2v) is 6.32. The Morgan fingerprint density at radius 3 is 2.48 bits per heavy atom. The fourth-order valence-electron chi connectivity index (χ4n) is 3.06. The summed E-state index contributed by atoms with van der Waals surface area (Å²) in [7, 11) is 3.29. The summed E-state index contributed by atoms with van der Waals surface area (Å²) in [5, 5.41) is 4.76. The van der Waals surface area contributed by atoms with Gasteiger partial charge in [0.15, 0.2) is 11.5 Å². The van der Waals surface area contributed by atoms with E-state index < -0.39 is 18.0 Å². The molecule has 3 rings (SSSR count). The van der Waals surface area contributed by atoms with E-state index in [9.17, 15) is 9.59 Å². The summed E-state index contributed by atoms with van der Waals surface area (Å²) in [6, 6.07) is 15.6. The zero-order valence-electron chi connectivity index (χ0n) is 15.3. The minimum Gasteiger partial charge on any atom is -0.486 e. The highest BCUT2D eigenvalue weighted by Crippen LogP contribution is 2.31. The van der Waals surface area contributed by atoms with Gasteiger partial charge in [-0.25, -0.2) is 4.79 Å². The number of rotatable bonds is 5. The van der Waals surface area contributed by atoms with Gasteiger partial charge >= 0.3 is 6.03 Å². The summed E-state index contributed by atoms with van der Waals surface area (Å²) in [5.74, 6) is 1.00. The van der Waals surface area contributed by atoms with Crippen molar-refractivity contribution in [2.24, 2.45) is 0 Å². The van der Waals surface area contributed by atoms with Gasteiger partial charge < -0.3 is 14.8 Å². The number of fused-ring (bicyclic) bond motifs is 1. The third-order valence-electron chi connectivity index (χ3n) is 4.33. The number of likely N-dealkylation sites (N-methyl/N-ethyl adjacent to an activating group) is 1. The molecule has 142 valence electrons. The van der Waals surface area contributed by atoms with Crippen molar-refractivity contribution >= 4 is 11.9 Å². The van der Waals surface area contributed by atoms with Crippen LogP contribution in [0.15, 0.2) is 54.6 Å². The molecule has 0 aromatic heterocycles. The van der Waals surface area contributed by atoms with E-state index in [0.717, 1.165) is 5.56 Å². The minimum atomic E-state index is -0.635. The number of para-hydroxylation sites is 2. The summed E-state index contributed by atoms with van der Waals surface area (Å²) in [6.07, 6.45) is -0.232. The molecular formula is C20H23N3O4. The van der Waals surface area contributed by atoms with Crippen molar-refractivity contribution in [1.29, 1.82) is 0 Å². The zero-order chi connectivity index (χ0) is 19.2. The minimum absolute atomic E-state index is 0.232. The maximum Gasteiger partial charge on any atom is 0.321 e. The van der Waals surface area contributed by atoms with Gasteiger partial charge in [0, 0.05) is 13.6 Å². The molecule has 0 saturated carbocycles. The number of amides is 3. The molecule has 1 heterocycles. The van der Waals surface area contributed by atoms with Crippen LogP contribution in [0.4, 0.5) is 4.79 Å². The molecule has 27 heavy (non-hydrogen) atoms. The molecule has 2 aromatic carbocycles. The Balaban J connectivity index is 1.74. The van der Waals surface area contributed by atoms with E-state index >= 15 is 0 Å². The van der Waals surface area contributed by atoms with Crippen LogP contribution in [0.3, 0.4) is 0 Å². The van der Waals surface area contributed by atoms with Crippen LogP contribution in [0, 0.1) is 0 Å². The van der Waals surface area contributed by atoms with Crippen molar-refractivity contribution in [3.05, 3.63) is 60.2 Å². The maximum absolute atomic E-state index is 12.7. The quantitative estimate of drug-likeness (QED) is 0.842. The van der Waals surface area contributed by atoms with E-state index in [1.165, 1.54) is 7.05 Å². The molecule has 0 bridgehead atoms. The molecule has 0 fully saturated rings. The lowest BCUT2D eigenvalue weighted by atomic mass is 10.0. The standard InChI is InChI=1S/C20H23N3O4/c1-21-20(25)22-19(24)18(14-8-4-3-5-9-14)23(2)12-15-13-26-16-10-6-7-11-17(16)27-15/h3-11,15,18H,12-13H2,1-2H3,(H2,21,22,24,25)/t15-,18-/m0/s1. The van der Waals surface area contributed by atoms with Gasteiger partial charge in [0.25, 0.3) is 0 Å². The van der Waals surface area contributed by atoms with Crippen molar-refractivity contribution in [2.45, 2.75) is 12.1 Å². The van der Waals surface area contributed by atoms with Crippen LogP contribution in [-0.4, -0.2) is 50.2 Å². The predicted molar refractivity (Wildman–Crippen MR) is 101 cm³/mol. The average Bonchev–Trinajstić information content (AvgIpc) is 2.68. The fourth-order valence-corrected chi connectivity index (χ4v) is 3.06. The first-order chi connectivity index (χ1) is 13.1. The largest absolute Gasteiger partial charge is 0.486 e. The van der Waals surface area contributed by atoms with Crippen LogP contribution in [0.2, 0.25) is 0 Å². The van der Waals surface area contributed by atoms with Crippen LogP contribution in [0.1, 0.15) is 11.6 Å². The Morgan fingerprint density at radius 2 is 1.78 bits per heavy atom. The Labute approximate surface area is 158 Å². The number of carbonyl (C=O) groups excluding carboxylic acids is 2. The van der Waals surface area contributed by atoms with Crippen molar-refractivity contribution in [1.82, 2.24) is 15.5 Å². The molecule has 0 unspecified atom stereocenters. The lowest BCUT2D eigenvalue weighted by Crippen LogP contribution is -2.47. The normalized spacial score (nSPS) is 16.5. The van der Waals surface area contributed by atoms with Crippen LogP contribution < -0.4 is 20.1 Å². The molecular weight excluding hydrogens is 346 g/mol. The number of ether oxygens (including phenoxy) is 2. The van der Waals surface area contributed by atoms with Gasteiger partial charge in [-0.1, -0.05) is 42.5 Å². The van der Waals surface area contributed by atoms with Gasteiger partial charge in [0.05, 0.1) is 0 Å². The van der Waals surface area contributed by atoms with Crippen LogP contribution >= 0.6 is 0 Å². The van der Waals surface area contributed by atoms with E-state index in [1.807, 2.05) is 66.5 Å². The lowest BCUT2D eigenvalue weighted by Gasteiger charge is -2.33. The monoisotopic (exact) mass is 369 g/mol. The van der Waals surface area contributed by atoms with Gasteiger partial charge in [-0.3, -0.25) is 15.0 Å².